The number of thiophene rings is 1. The summed E-state index contributed by atoms with van der Waals surface area (Å²) in [4.78, 5) is 0.880. The van der Waals surface area contributed by atoms with Crippen molar-refractivity contribution in [2.75, 3.05) is 0 Å². The number of halogens is 2. The van der Waals surface area contributed by atoms with Crippen LogP contribution in [0.25, 0.3) is 10.4 Å². The lowest BCUT2D eigenvalue weighted by molar-refractivity contribution is 0.628. The molecule has 4 heteroatoms. The highest BCUT2D eigenvalue weighted by Crippen LogP contribution is 2.33. The molecule has 1 heterocycles. The van der Waals surface area contributed by atoms with Gasteiger partial charge < -0.3 is 5.32 Å². The molecule has 1 fully saturated rings. The van der Waals surface area contributed by atoms with E-state index in [0.29, 0.717) is 15.9 Å². The summed E-state index contributed by atoms with van der Waals surface area (Å²) < 4.78 is 14.5. The molecule has 94 valence electrons. The molecule has 1 aromatic heterocycles. The van der Waals surface area contributed by atoms with Crippen LogP contribution in [0.4, 0.5) is 4.39 Å². The predicted molar refractivity (Wildman–Crippen MR) is 74.6 cm³/mol. The Labute approximate surface area is 115 Å². The van der Waals surface area contributed by atoms with E-state index in [9.17, 15) is 4.39 Å². The van der Waals surface area contributed by atoms with E-state index in [1.807, 2.05) is 18.2 Å². The van der Waals surface area contributed by atoms with Gasteiger partial charge in [0.05, 0.1) is 4.34 Å². The molecule has 0 atom stereocenters. The minimum absolute atomic E-state index is 0.191. The zero-order chi connectivity index (χ0) is 12.5. The van der Waals surface area contributed by atoms with Crippen molar-refractivity contribution in [1.82, 2.24) is 5.32 Å². The van der Waals surface area contributed by atoms with Crippen LogP contribution in [-0.4, -0.2) is 6.04 Å². The van der Waals surface area contributed by atoms with Gasteiger partial charge in [-0.3, -0.25) is 0 Å². The van der Waals surface area contributed by atoms with Gasteiger partial charge in [-0.15, -0.1) is 11.3 Å². The van der Waals surface area contributed by atoms with Crippen LogP contribution in [-0.2, 0) is 6.54 Å². The van der Waals surface area contributed by atoms with Crippen LogP contribution in [0.15, 0.2) is 30.3 Å². The second-order valence-electron chi connectivity index (χ2n) is 4.57. The van der Waals surface area contributed by atoms with Gasteiger partial charge in [0.15, 0.2) is 0 Å². The van der Waals surface area contributed by atoms with E-state index in [1.165, 1.54) is 30.2 Å². The lowest BCUT2D eigenvalue weighted by Gasteiger charge is -2.06. The fourth-order valence-electron chi connectivity index (χ4n) is 1.88. The van der Waals surface area contributed by atoms with Gasteiger partial charge >= 0.3 is 0 Å². The van der Waals surface area contributed by atoms with Gasteiger partial charge in [-0.1, -0.05) is 17.7 Å². The number of benzene rings is 1. The summed E-state index contributed by atoms with van der Waals surface area (Å²) in [6.07, 6.45) is 2.52. The highest BCUT2D eigenvalue weighted by atomic mass is 35.5. The highest BCUT2D eigenvalue weighted by molar-refractivity contribution is 7.19. The molecule has 1 aliphatic carbocycles. The number of hydrogen-bond donors (Lipinski definition) is 1. The predicted octanol–water partition coefficient (Wildman–Crippen LogP) is 4.46. The van der Waals surface area contributed by atoms with Crippen LogP contribution < -0.4 is 5.32 Å². The van der Waals surface area contributed by atoms with Crippen molar-refractivity contribution in [2.45, 2.75) is 25.4 Å². The molecule has 1 nitrogen and oxygen atoms in total. The van der Waals surface area contributed by atoms with Gasteiger partial charge in [-0.2, -0.15) is 0 Å². The quantitative estimate of drug-likeness (QED) is 0.872. The highest BCUT2D eigenvalue weighted by Gasteiger charge is 2.20. The second-order valence-corrected chi connectivity index (χ2v) is 6.29. The zero-order valence-electron chi connectivity index (χ0n) is 9.75. The number of nitrogens with one attached hydrogen (secondary N) is 1. The van der Waals surface area contributed by atoms with E-state index in [2.05, 4.69) is 5.32 Å². The summed E-state index contributed by atoms with van der Waals surface area (Å²) in [5, 5.41) is 3.43. The van der Waals surface area contributed by atoms with E-state index in [1.54, 1.807) is 6.07 Å². The summed E-state index contributed by atoms with van der Waals surface area (Å²) in [6.45, 7) is 0.803. The third kappa shape index (κ3) is 2.74. The lowest BCUT2D eigenvalue weighted by atomic mass is 10.1. The van der Waals surface area contributed by atoms with Crippen LogP contribution >= 0.6 is 22.9 Å². The summed E-state index contributed by atoms with van der Waals surface area (Å²) in [6, 6.07) is 9.61. The van der Waals surface area contributed by atoms with E-state index >= 15 is 0 Å². The fraction of sp³-hybridized carbons (Fsp3) is 0.286. The van der Waals surface area contributed by atoms with E-state index in [-0.39, 0.29) is 5.82 Å². The molecule has 1 saturated carbocycles. The van der Waals surface area contributed by atoms with Crippen molar-refractivity contribution in [3.8, 4) is 10.4 Å². The first-order valence-electron chi connectivity index (χ1n) is 6.00. The summed E-state index contributed by atoms with van der Waals surface area (Å²) >= 11 is 7.30. The Balaban J connectivity index is 1.85. The lowest BCUT2D eigenvalue weighted by Crippen LogP contribution is -2.15. The third-order valence-electron chi connectivity index (χ3n) is 3.04. The van der Waals surface area contributed by atoms with Crippen LogP contribution in [0.2, 0.25) is 4.34 Å². The normalized spacial score (nSPS) is 15.0. The van der Waals surface area contributed by atoms with Gasteiger partial charge in [-0.05, 0) is 42.7 Å². The molecule has 0 aliphatic heterocycles. The molecule has 2 aromatic rings. The first-order valence-corrected chi connectivity index (χ1v) is 7.19. The van der Waals surface area contributed by atoms with Crippen molar-refractivity contribution in [1.29, 1.82) is 0 Å². The Bertz CT molecular complexity index is 563. The second kappa shape index (κ2) is 5.00. The molecule has 1 N–H and O–H groups in total. The molecule has 1 aromatic carbocycles. The molecule has 0 saturated heterocycles. The Hall–Kier alpha value is -0.900. The Morgan fingerprint density at radius 1 is 1.28 bits per heavy atom. The monoisotopic (exact) mass is 281 g/mol. The molecule has 1 aliphatic rings. The molecule has 0 radical (unpaired) electrons. The maximum Gasteiger partial charge on any atom is 0.131 e. The smallest absolute Gasteiger partial charge is 0.131 e. The van der Waals surface area contributed by atoms with Crippen molar-refractivity contribution < 1.29 is 4.39 Å². The van der Waals surface area contributed by atoms with Gasteiger partial charge in [0.1, 0.15) is 5.82 Å². The first kappa shape index (κ1) is 12.2. The molecule has 0 spiro atoms. The Kier molecular flexibility index (Phi) is 3.37. The average molecular weight is 282 g/mol. The van der Waals surface area contributed by atoms with Crippen molar-refractivity contribution in [2.24, 2.45) is 0 Å². The van der Waals surface area contributed by atoms with Crippen molar-refractivity contribution >= 4 is 22.9 Å². The minimum Gasteiger partial charge on any atom is -0.310 e. The number of rotatable bonds is 4. The van der Waals surface area contributed by atoms with Crippen LogP contribution in [0.5, 0.6) is 0 Å². The third-order valence-corrected chi connectivity index (χ3v) is 4.31. The van der Waals surface area contributed by atoms with E-state index < -0.39 is 0 Å². The SMILES string of the molecule is Fc1ccc(CNC2CC2)cc1-c1ccc(Cl)s1. The van der Waals surface area contributed by atoms with Crippen LogP contribution in [0.1, 0.15) is 18.4 Å². The topological polar surface area (TPSA) is 12.0 Å². The zero-order valence-corrected chi connectivity index (χ0v) is 11.3. The minimum atomic E-state index is -0.191. The molecular formula is C14H13ClFNS. The fourth-order valence-corrected chi connectivity index (χ4v) is 2.94. The van der Waals surface area contributed by atoms with E-state index in [0.717, 1.165) is 17.0 Å². The average Bonchev–Trinajstić information content (AvgIpc) is 3.10. The first-order chi connectivity index (χ1) is 8.72. The summed E-state index contributed by atoms with van der Waals surface area (Å²) in [5.74, 6) is -0.191. The van der Waals surface area contributed by atoms with Gasteiger partial charge in [0.25, 0.3) is 0 Å². The molecule has 3 rings (SSSR count). The van der Waals surface area contributed by atoms with E-state index in [4.69, 9.17) is 11.6 Å². The molecule has 0 bridgehead atoms. The van der Waals surface area contributed by atoms with Crippen molar-refractivity contribution in [3.63, 3.8) is 0 Å². The molecule has 0 amide bonds. The molecule has 0 unspecified atom stereocenters. The van der Waals surface area contributed by atoms with Gasteiger partial charge in [-0.25, -0.2) is 4.39 Å². The number of hydrogen-bond acceptors (Lipinski definition) is 2. The molecule has 18 heavy (non-hydrogen) atoms. The molecular weight excluding hydrogens is 269 g/mol. The van der Waals surface area contributed by atoms with Gasteiger partial charge in [0.2, 0.25) is 0 Å². The maximum absolute atomic E-state index is 13.8. The standard InChI is InChI=1S/C14H13ClFNS/c15-14-6-5-13(18-14)11-7-9(1-4-12(11)16)8-17-10-2-3-10/h1,4-7,10,17H,2-3,8H2. The van der Waals surface area contributed by atoms with Crippen molar-refractivity contribution in [3.05, 3.63) is 46.0 Å². The maximum atomic E-state index is 13.8. The summed E-state index contributed by atoms with van der Waals surface area (Å²) in [5.41, 5.74) is 1.75. The largest absolute Gasteiger partial charge is 0.310 e. The van der Waals surface area contributed by atoms with Crippen LogP contribution in [0, 0.1) is 5.82 Å². The Morgan fingerprint density at radius 3 is 2.78 bits per heavy atom. The van der Waals surface area contributed by atoms with Gasteiger partial charge in [0, 0.05) is 23.0 Å². The Morgan fingerprint density at radius 2 is 2.11 bits per heavy atom. The van der Waals surface area contributed by atoms with Crippen LogP contribution in [0.3, 0.4) is 0 Å². The summed E-state index contributed by atoms with van der Waals surface area (Å²) in [7, 11) is 0.